The average Bonchev–Trinajstić information content (AvgIpc) is 2.67. The van der Waals surface area contributed by atoms with E-state index >= 15 is 0 Å². The Kier molecular flexibility index (Phi) is 6.04. The zero-order valence-corrected chi connectivity index (χ0v) is 16.9. The zero-order valence-electron chi connectivity index (χ0n) is 16.9. The number of halogens is 2. The van der Waals surface area contributed by atoms with Gasteiger partial charge in [0.05, 0.1) is 5.60 Å². The minimum atomic E-state index is -0.970. The summed E-state index contributed by atoms with van der Waals surface area (Å²) in [5, 5.41) is 9.79. The fourth-order valence-corrected chi connectivity index (χ4v) is 2.69. The number of aromatic nitrogens is 1. The van der Waals surface area contributed by atoms with Crippen molar-refractivity contribution in [3.63, 3.8) is 0 Å². The second kappa shape index (κ2) is 8.52. The summed E-state index contributed by atoms with van der Waals surface area (Å²) in [5.74, 6) is 4.22. The summed E-state index contributed by atoms with van der Waals surface area (Å²) in [6.07, 6.45) is 1.60. The summed E-state index contributed by atoms with van der Waals surface area (Å²) in [6.45, 7) is 5.33. The molecule has 2 aromatic carbocycles. The highest BCUT2D eigenvalue weighted by atomic mass is 19.2. The maximum Gasteiger partial charge on any atom is 0.256 e. The Hall–Kier alpha value is -3.43. The van der Waals surface area contributed by atoms with Gasteiger partial charge in [0, 0.05) is 29.1 Å². The molecule has 30 heavy (non-hydrogen) atoms. The van der Waals surface area contributed by atoms with Gasteiger partial charge in [0.25, 0.3) is 5.56 Å². The molecule has 0 fully saturated rings. The summed E-state index contributed by atoms with van der Waals surface area (Å²) in [6, 6.07) is 11.7. The van der Waals surface area contributed by atoms with Gasteiger partial charge in [-0.2, -0.15) is 0 Å². The number of hydrogen-bond donors (Lipinski definition) is 1. The average molecular weight is 409 g/mol. The molecule has 0 spiro atoms. The Morgan fingerprint density at radius 2 is 1.70 bits per heavy atom. The molecule has 6 heteroatoms. The van der Waals surface area contributed by atoms with Crippen LogP contribution in [0.3, 0.4) is 0 Å². The van der Waals surface area contributed by atoms with Crippen molar-refractivity contribution in [3.8, 4) is 23.3 Å². The van der Waals surface area contributed by atoms with Crippen LogP contribution in [0.2, 0.25) is 0 Å². The molecule has 3 rings (SSSR count). The lowest BCUT2D eigenvalue weighted by Gasteiger charge is -2.19. The number of aryl methyl sites for hydroxylation is 1. The van der Waals surface area contributed by atoms with Crippen LogP contribution in [-0.2, 0) is 0 Å². The Labute approximate surface area is 173 Å². The van der Waals surface area contributed by atoms with Crippen molar-refractivity contribution in [2.75, 3.05) is 6.61 Å². The highest BCUT2D eigenvalue weighted by molar-refractivity contribution is 5.46. The summed E-state index contributed by atoms with van der Waals surface area (Å²) in [7, 11) is 0. The maximum atomic E-state index is 13.3. The van der Waals surface area contributed by atoms with Crippen molar-refractivity contribution in [2.24, 2.45) is 0 Å². The van der Waals surface area contributed by atoms with E-state index in [9.17, 15) is 18.7 Å². The highest BCUT2D eigenvalue weighted by Gasteiger charge is 2.14. The quantitative estimate of drug-likeness (QED) is 0.664. The number of aliphatic hydroxyl groups is 1. The van der Waals surface area contributed by atoms with Crippen molar-refractivity contribution in [1.82, 2.24) is 4.57 Å². The lowest BCUT2D eigenvalue weighted by atomic mass is 10.1. The van der Waals surface area contributed by atoms with Gasteiger partial charge in [0.2, 0.25) is 0 Å². The van der Waals surface area contributed by atoms with Crippen molar-refractivity contribution < 1.29 is 18.6 Å². The molecular weight excluding hydrogens is 388 g/mol. The molecule has 0 unspecified atom stereocenters. The minimum absolute atomic E-state index is 0.151. The van der Waals surface area contributed by atoms with Gasteiger partial charge in [-0.3, -0.25) is 9.36 Å². The number of hydrogen-bond acceptors (Lipinski definition) is 3. The Bertz CT molecular complexity index is 1200. The Balaban J connectivity index is 1.82. The van der Waals surface area contributed by atoms with Gasteiger partial charge in [-0.25, -0.2) is 8.78 Å². The van der Waals surface area contributed by atoms with E-state index in [2.05, 4.69) is 11.8 Å². The van der Waals surface area contributed by atoms with Gasteiger partial charge in [0.15, 0.2) is 11.6 Å². The third-order valence-corrected chi connectivity index (χ3v) is 4.21. The molecule has 4 nitrogen and oxygen atoms in total. The number of ether oxygens (including phenoxy) is 1. The summed E-state index contributed by atoms with van der Waals surface area (Å²) < 4.78 is 33.3. The van der Waals surface area contributed by atoms with Crippen LogP contribution in [0.25, 0.3) is 5.69 Å². The van der Waals surface area contributed by atoms with Crippen LogP contribution < -0.4 is 10.3 Å². The fourth-order valence-electron chi connectivity index (χ4n) is 2.69. The van der Waals surface area contributed by atoms with Crippen molar-refractivity contribution >= 4 is 0 Å². The summed E-state index contributed by atoms with van der Waals surface area (Å²) in [5.41, 5.74) is 1.03. The van der Waals surface area contributed by atoms with Crippen LogP contribution >= 0.6 is 0 Å². The molecule has 0 saturated heterocycles. The SMILES string of the molecule is Cc1cc(-n2ccc(C#Cc3ccc(F)c(F)c3)cc2=O)ccc1OCC(C)(C)O. The Morgan fingerprint density at radius 3 is 2.30 bits per heavy atom. The van der Waals surface area contributed by atoms with E-state index < -0.39 is 17.2 Å². The number of pyridine rings is 1. The molecule has 1 heterocycles. The van der Waals surface area contributed by atoms with Gasteiger partial charge in [-0.1, -0.05) is 11.8 Å². The molecule has 0 saturated carbocycles. The number of benzene rings is 2. The lowest BCUT2D eigenvalue weighted by molar-refractivity contribution is 0.0282. The second-order valence-corrected chi connectivity index (χ2v) is 7.55. The van der Waals surface area contributed by atoms with Crippen LogP contribution in [0.1, 0.15) is 30.5 Å². The zero-order chi connectivity index (χ0) is 21.9. The molecule has 0 amide bonds. The monoisotopic (exact) mass is 409 g/mol. The fraction of sp³-hybridized carbons (Fsp3) is 0.208. The molecule has 0 aliphatic rings. The first kappa shape index (κ1) is 21.3. The van der Waals surface area contributed by atoms with E-state index in [4.69, 9.17) is 4.74 Å². The van der Waals surface area contributed by atoms with E-state index in [0.29, 0.717) is 22.6 Å². The topological polar surface area (TPSA) is 51.5 Å². The van der Waals surface area contributed by atoms with Crippen LogP contribution in [0, 0.1) is 30.4 Å². The predicted octanol–water partition coefficient (Wildman–Crippen LogP) is 3.97. The van der Waals surface area contributed by atoms with E-state index in [-0.39, 0.29) is 12.2 Å². The molecular formula is C24H21F2NO3. The highest BCUT2D eigenvalue weighted by Crippen LogP contribution is 2.22. The van der Waals surface area contributed by atoms with Crippen molar-refractivity contribution in [3.05, 3.63) is 93.4 Å². The summed E-state index contributed by atoms with van der Waals surface area (Å²) >= 11 is 0. The van der Waals surface area contributed by atoms with Crippen LogP contribution in [0.15, 0.2) is 59.5 Å². The van der Waals surface area contributed by atoms with Gasteiger partial charge in [-0.05, 0) is 68.8 Å². The molecule has 0 aliphatic heterocycles. The van der Waals surface area contributed by atoms with E-state index in [1.165, 1.54) is 16.7 Å². The van der Waals surface area contributed by atoms with Crippen LogP contribution in [0.5, 0.6) is 5.75 Å². The van der Waals surface area contributed by atoms with E-state index in [1.807, 2.05) is 13.0 Å². The Morgan fingerprint density at radius 1 is 1.00 bits per heavy atom. The molecule has 0 bridgehead atoms. The van der Waals surface area contributed by atoms with Crippen molar-refractivity contribution in [1.29, 1.82) is 0 Å². The molecule has 3 aromatic rings. The lowest BCUT2D eigenvalue weighted by Crippen LogP contribution is -2.28. The molecule has 1 N–H and O–H groups in total. The first-order valence-electron chi connectivity index (χ1n) is 9.28. The van der Waals surface area contributed by atoms with Gasteiger partial charge in [0.1, 0.15) is 12.4 Å². The molecule has 0 atom stereocenters. The molecule has 0 aliphatic carbocycles. The van der Waals surface area contributed by atoms with Gasteiger partial charge in [-0.15, -0.1) is 0 Å². The maximum absolute atomic E-state index is 13.3. The molecule has 1 aromatic heterocycles. The first-order chi connectivity index (χ1) is 14.1. The number of rotatable bonds is 4. The van der Waals surface area contributed by atoms with Crippen LogP contribution in [-0.4, -0.2) is 21.9 Å². The standard InChI is InChI=1S/C24H21F2NO3/c1-16-12-19(7-9-22(16)30-15-24(2,3)29)27-11-10-18(14-23(27)28)5-4-17-6-8-20(25)21(26)13-17/h6-14,29H,15H2,1-3H3. The smallest absolute Gasteiger partial charge is 0.256 e. The predicted molar refractivity (Wildman–Crippen MR) is 111 cm³/mol. The first-order valence-corrected chi connectivity index (χ1v) is 9.28. The largest absolute Gasteiger partial charge is 0.490 e. The summed E-state index contributed by atoms with van der Waals surface area (Å²) in [4.78, 5) is 12.5. The molecule has 154 valence electrons. The third-order valence-electron chi connectivity index (χ3n) is 4.21. The normalized spacial score (nSPS) is 11.0. The van der Waals surface area contributed by atoms with Crippen LogP contribution in [0.4, 0.5) is 8.78 Å². The van der Waals surface area contributed by atoms with E-state index in [0.717, 1.165) is 17.7 Å². The van der Waals surface area contributed by atoms with E-state index in [1.54, 1.807) is 38.2 Å². The van der Waals surface area contributed by atoms with Gasteiger partial charge >= 0.3 is 0 Å². The number of nitrogens with zero attached hydrogens (tertiary/aromatic N) is 1. The molecule has 0 radical (unpaired) electrons. The minimum Gasteiger partial charge on any atom is -0.490 e. The van der Waals surface area contributed by atoms with Gasteiger partial charge < -0.3 is 9.84 Å². The second-order valence-electron chi connectivity index (χ2n) is 7.55. The van der Waals surface area contributed by atoms with Crippen molar-refractivity contribution in [2.45, 2.75) is 26.4 Å². The third kappa shape index (κ3) is 5.34.